The van der Waals surface area contributed by atoms with E-state index in [9.17, 15) is 23.4 Å². The van der Waals surface area contributed by atoms with Crippen LogP contribution in [0.1, 0.15) is 23.7 Å². The van der Waals surface area contributed by atoms with Gasteiger partial charge in [-0.1, -0.05) is 15.9 Å². The molecule has 0 fully saturated rings. The first-order valence-corrected chi connectivity index (χ1v) is 6.46. The minimum absolute atomic E-state index is 0.144. The molecule has 1 heterocycles. The SMILES string of the molecule is COc1ncc(C(F)(F)F)cc1C(O)C(O)CCBr. The molecule has 0 aliphatic carbocycles. The first-order chi connectivity index (χ1) is 8.81. The minimum Gasteiger partial charge on any atom is -0.481 e. The van der Waals surface area contributed by atoms with Crippen LogP contribution >= 0.6 is 15.9 Å². The number of aliphatic hydroxyl groups is 2. The monoisotopic (exact) mass is 343 g/mol. The number of alkyl halides is 4. The lowest BCUT2D eigenvalue weighted by Crippen LogP contribution is -2.20. The Kier molecular flexibility index (Phi) is 5.57. The molecule has 4 nitrogen and oxygen atoms in total. The van der Waals surface area contributed by atoms with Crippen molar-refractivity contribution in [3.8, 4) is 5.88 Å². The van der Waals surface area contributed by atoms with Gasteiger partial charge in [0.2, 0.25) is 5.88 Å². The number of aliphatic hydroxyl groups excluding tert-OH is 2. The smallest absolute Gasteiger partial charge is 0.417 e. The van der Waals surface area contributed by atoms with Crippen molar-refractivity contribution in [1.29, 1.82) is 0 Å². The number of hydrogen-bond donors (Lipinski definition) is 2. The molecule has 0 aromatic carbocycles. The highest BCUT2D eigenvalue weighted by Crippen LogP contribution is 2.34. The third-order valence-electron chi connectivity index (χ3n) is 2.49. The van der Waals surface area contributed by atoms with Crippen molar-refractivity contribution in [2.24, 2.45) is 0 Å². The van der Waals surface area contributed by atoms with Gasteiger partial charge >= 0.3 is 6.18 Å². The van der Waals surface area contributed by atoms with Gasteiger partial charge in [0.15, 0.2) is 0 Å². The van der Waals surface area contributed by atoms with Crippen LogP contribution in [0.15, 0.2) is 12.3 Å². The molecule has 0 radical (unpaired) electrons. The fraction of sp³-hybridized carbons (Fsp3) is 0.545. The average molecular weight is 344 g/mol. The first-order valence-electron chi connectivity index (χ1n) is 5.34. The molecule has 1 rings (SSSR count). The van der Waals surface area contributed by atoms with E-state index in [1.165, 1.54) is 7.11 Å². The van der Waals surface area contributed by atoms with Gasteiger partial charge in [-0.3, -0.25) is 0 Å². The second kappa shape index (κ2) is 6.53. The van der Waals surface area contributed by atoms with E-state index in [4.69, 9.17) is 4.74 Å². The van der Waals surface area contributed by atoms with Crippen molar-refractivity contribution in [1.82, 2.24) is 4.98 Å². The van der Waals surface area contributed by atoms with E-state index in [1.54, 1.807) is 0 Å². The number of methoxy groups -OCH3 is 1. The van der Waals surface area contributed by atoms with Gasteiger partial charge in [-0.05, 0) is 12.5 Å². The number of rotatable bonds is 5. The quantitative estimate of drug-likeness (QED) is 0.805. The number of pyridine rings is 1. The van der Waals surface area contributed by atoms with E-state index in [2.05, 4.69) is 20.9 Å². The lowest BCUT2D eigenvalue weighted by molar-refractivity contribution is -0.138. The van der Waals surface area contributed by atoms with Crippen molar-refractivity contribution in [3.63, 3.8) is 0 Å². The predicted molar refractivity (Wildman–Crippen MR) is 65.2 cm³/mol. The summed E-state index contributed by atoms with van der Waals surface area (Å²) in [6.07, 6.45) is -6.48. The Balaban J connectivity index is 3.15. The Morgan fingerprint density at radius 3 is 2.53 bits per heavy atom. The maximum atomic E-state index is 12.6. The maximum Gasteiger partial charge on any atom is 0.417 e. The summed E-state index contributed by atoms with van der Waals surface area (Å²) in [5.74, 6) is -0.144. The third-order valence-corrected chi connectivity index (χ3v) is 2.95. The number of hydrogen-bond acceptors (Lipinski definition) is 4. The Morgan fingerprint density at radius 2 is 2.05 bits per heavy atom. The largest absolute Gasteiger partial charge is 0.481 e. The molecule has 0 saturated heterocycles. The highest BCUT2D eigenvalue weighted by atomic mass is 79.9. The summed E-state index contributed by atoms with van der Waals surface area (Å²) in [5, 5.41) is 19.9. The molecule has 1 aromatic heterocycles. The molecule has 0 amide bonds. The van der Waals surface area contributed by atoms with E-state index >= 15 is 0 Å². The molecule has 19 heavy (non-hydrogen) atoms. The van der Waals surface area contributed by atoms with Gasteiger partial charge in [-0.25, -0.2) is 4.98 Å². The van der Waals surface area contributed by atoms with Gasteiger partial charge in [0, 0.05) is 17.1 Å². The minimum atomic E-state index is -4.58. The van der Waals surface area contributed by atoms with E-state index in [-0.39, 0.29) is 17.9 Å². The van der Waals surface area contributed by atoms with Gasteiger partial charge in [0.25, 0.3) is 0 Å². The molecule has 1 aromatic rings. The zero-order valence-electron chi connectivity index (χ0n) is 9.99. The summed E-state index contributed by atoms with van der Waals surface area (Å²) in [7, 11) is 1.22. The van der Waals surface area contributed by atoms with E-state index < -0.39 is 23.9 Å². The molecular weight excluding hydrogens is 331 g/mol. The Morgan fingerprint density at radius 1 is 1.42 bits per heavy atom. The molecule has 0 aliphatic rings. The number of nitrogens with zero attached hydrogens (tertiary/aromatic N) is 1. The standard InChI is InChI=1S/C11H13BrF3NO3/c1-19-10-7(9(18)8(17)2-3-12)4-6(5-16-10)11(13,14)15/h4-5,8-9,17-18H,2-3H2,1H3. The van der Waals surface area contributed by atoms with Gasteiger partial charge in [-0.2, -0.15) is 13.2 Å². The molecule has 8 heteroatoms. The van der Waals surface area contributed by atoms with E-state index in [0.29, 0.717) is 11.5 Å². The molecular formula is C11H13BrF3NO3. The Hall–Kier alpha value is -0.860. The molecule has 2 unspecified atom stereocenters. The van der Waals surface area contributed by atoms with Crippen LogP contribution in [0.3, 0.4) is 0 Å². The van der Waals surface area contributed by atoms with Gasteiger partial charge in [-0.15, -0.1) is 0 Å². The van der Waals surface area contributed by atoms with Crippen molar-refractivity contribution in [2.75, 3.05) is 12.4 Å². The summed E-state index contributed by atoms with van der Waals surface area (Å²) in [4.78, 5) is 3.50. The van der Waals surface area contributed by atoms with Gasteiger partial charge in [0.1, 0.15) is 6.10 Å². The van der Waals surface area contributed by atoms with E-state index in [1.807, 2.05) is 0 Å². The zero-order chi connectivity index (χ0) is 14.6. The first kappa shape index (κ1) is 16.2. The van der Waals surface area contributed by atoms with Crippen LogP contribution in [0.25, 0.3) is 0 Å². The number of halogens is 4. The molecule has 0 spiro atoms. The molecule has 2 atom stereocenters. The van der Waals surface area contributed by atoms with Crippen LogP contribution in [-0.4, -0.2) is 33.7 Å². The van der Waals surface area contributed by atoms with Crippen LogP contribution in [-0.2, 0) is 6.18 Å². The van der Waals surface area contributed by atoms with Gasteiger partial charge in [0.05, 0.1) is 18.8 Å². The van der Waals surface area contributed by atoms with Crippen molar-refractivity contribution >= 4 is 15.9 Å². The molecule has 0 aliphatic heterocycles. The highest BCUT2D eigenvalue weighted by Gasteiger charge is 2.33. The van der Waals surface area contributed by atoms with Crippen LogP contribution in [0, 0.1) is 0 Å². The fourth-order valence-corrected chi connectivity index (χ4v) is 1.95. The third kappa shape index (κ3) is 4.05. The van der Waals surface area contributed by atoms with Crippen molar-refractivity contribution < 1.29 is 28.1 Å². The molecule has 0 saturated carbocycles. The van der Waals surface area contributed by atoms with Gasteiger partial charge < -0.3 is 14.9 Å². The summed E-state index contributed by atoms with van der Waals surface area (Å²) in [5.41, 5.74) is -1.20. The summed E-state index contributed by atoms with van der Waals surface area (Å²) in [6.45, 7) is 0. The summed E-state index contributed by atoms with van der Waals surface area (Å²) in [6, 6.07) is 0.730. The lowest BCUT2D eigenvalue weighted by atomic mass is 10.0. The zero-order valence-corrected chi connectivity index (χ0v) is 11.6. The second-order valence-electron chi connectivity index (χ2n) is 3.81. The van der Waals surface area contributed by atoms with Crippen LogP contribution < -0.4 is 4.74 Å². The number of aromatic nitrogens is 1. The summed E-state index contributed by atoms with van der Waals surface area (Å²) >= 11 is 3.07. The lowest BCUT2D eigenvalue weighted by Gasteiger charge is -2.20. The number of ether oxygens (including phenoxy) is 1. The van der Waals surface area contributed by atoms with Crippen molar-refractivity contribution in [2.45, 2.75) is 24.8 Å². The Labute approximate surface area is 116 Å². The van der Waals surface area contributed by atoms with Crippen molar-refractivity contribution in [3.05, 3.63) is 23.4 Å². The predicted octanol–water partition coefficient (Wildman–Crippen LogP) is 2.29. The topological polar surface area (TPSA) is 62.6 Å². The highest BCUT2D eigenvalue weighted by molar-refractivity contribution is 9.09. The Bertz CT molecular complexity index is 428. The average Bonchev–Trinajstić information content (AvgIpc) is 2.36. The summed E-state index contributed by atoms with van der Waals surface area (Å²) < 4.78 is 42.6. The molecule has 0 bridgehead atoms. The molecule has 108 valence electrons. The van der Waals surface area contributed by atoms with E-state index in [0.717, 1.165) is 6.07 Å². The van der Waals surface area contributed by atoms with Crippen LogP contribution in [0.4, 0.5) is 13.2 Å². The van der Waals surface area contributed by atoms with Crippen LogP contribution in [0.5, 0.6) is 5.88 Å². The maximum absolute atomic E-state index is 12.6. The second-order valence-corrected chi connectivity index (χ2v) is 4.60. The molecule has 2 N–H and O–H groups in total. The normalized spacial score (nSPS) is 15.1. The van der Waals surface area contributed by atoms with Crippen LogP contribution in [0.2, 0.25) is 0 Å². The fourth-order valence-electron chi connectivity index (χ4n) is 1.48.